The molecule has 0 radical (unpaired) electrons. The molecule has 2 heterocycles. The van der Waals surface area contributed by atoms with Gasteiger partial charge in [0.1, 0.15) is 5.82 Å². The van der Waals surface area contributed by atoms with Crippen LogP contribution in [0.5, 0.6) is 0 Å². The Labute approximate surface area is 200 Å². The maximum atomic E-state index is 13.6. The summed E-state index contributed by atoms with van der Waals surface area (Å²) < 4.78 is 64.9. The van der Waals surface area contributed by atoms with Gasteiger partial charge in [-0.3, -0.25) is 9.48 Å². The Balaban J connectivity index is 1.72. The van der Waals surface area contributed by atoms with Crippen LogP contribution >= 0.6 is 0 Å². The minimum absolute atomic E-state index is 0.123. The lowest BCUT2D eigenvalue weighted by atomic mass is 10.1. The van der Waals surface area contributed by atoms with Crippen LogP contribution in [0.25, 0.3) is 0 Å². The number of hydrogen-bond acceptors (Lipinski definition) is 5. The number of nitrogens with zero attached hydrogens (tertiary/aromatic N) is 2. The molecule has 1 atom stereocenters. The molecule has 0 saturated carbocycles. The summed E-state index contributed by atoms with van der Waals surface area (Å²) in [4.78, 5) is 25.1. The number of benzene rings is 1. The van der Waals surface area contributed by atoms with Crippen LogP contribution in [0.1, 0.15) is 64.4 Å². The molecule has 1 aromatic heterocycles. The average Bonchev–Trinajstić information content (AvgIpc) is 3.12. The molecular weight excluding hydrogens is 470 g/mol. The van der Waals surface area contributed by atoms with Crippen molar-refractivity contribution in [2.75, 3.05) is 26.4 Å². The molecular formula is C24H29F4N3O4. The Morgan fingerprint density at radius 3 is 2.71 bits per heavy atom. The van der Waals surface area contributed by atoms with Gasteiger partial charge in [-0.1, -0.05) is 13.8 Å². The molecule has 1 aliphatic heterocycles. The van der Waals surface area contributed by atoms with Crippen molar-refractivity contribution in [1.82, 2.24) is 15.1 Å². The van der Waals surface area contributed by atoms with Crippen molar-refractivity contribution in [3.8, 4) is 0 Å². The topological polar surface area (TPSA) is 82.5 Å². The maximum absolute atomic E-state index is 13.6. The van der Waals surface area contributed by atoms with Gasteiger partial charge in [0, 0.05) is 32.2 Å². The summed E-state index contributed by atoms with van der Waals surface area (Å²) in [6.07, 6.45) is -2.23. The first-order valence-corrected chi connectivity index (χ1v) is 11.6. The van der Waals surface area contributed by atoms with E-state index in [4.69, 9.17) is 9.47 Å². The first kappa shape index (κ1) is 26.7. The predicted molar refractivity (Wildman–Crippen MR) is 119 cm³/mol. The van der Waals surface area contributed by atoms with Gasteiger partial charge in [-0.25, -0.2) is 9.18 Å². The molecule has 3 rings (SSSR count). The molecule has 0 bridgehead atoms. The standard InChI is InChI=1S/C24H29F4N3O4/c1-3-19-21-20(6-4-8-34-9-5-7-29-22(21)32)31(30-19)13-15(2)14-35-23(33)16-10-17(24(26,27)28)12-18(25)11-16/h10-12,15H,3-9,13-14H2,1-2H3,(H,29,32)/t15-/m1/s1. The molecule has 2 aromatic rings. The molecule has 11 heteroatoms. The highest BCUT2D eigenvalue weighted by atomic mass is 19.4. The quantitative estimate of drug-likeness (QED) is 0.477. The molecule has 1 aliphatic rings. The number of aromatic nitrogens is 2. The monoisotopic (exact) mass is 499 g/mol. The fraction of sp³-hybridized carbons (Fsp3) is 0.542. The number of alkyl halides is 3. The molecule has 1 aromatic carbocycles. The summed E-state index contributed by atoms with van der Waals surface area (Å²) in [6.45, 7) is 5.52. The van der Waals surface area contributed by atoms with Crippen molar-refractivity contribution in [3.63, 3.8) is 0 Å². The molecule has 0 saturated heterocycles. The normalized spacial score (nSPS) is 16.1. The first-order valence-electron chi connectivity index (χ1n) is 11.6. The second-order valence-electron chi connectivity index (χ2n) is 8.56. The van der Waals surface area contributed by atoms with Gasteiger partial charge in [0.2, 0.25) is 0 Å². The Kier molecular flexibility index (Phi) is 8.87. The number of aryl methyl sites for hydroxylation is 1. The second kappa shape index (κ2) is 11.7. The third-order valence-electron chi connectivity index (χ3n) is 5.59. The van der Waals surface area contributed by atoms with E-state index >= 15 is 0 Å². The highest BCUT2D eigenvalue weighted by Gasteiger charge is 2.32. The maximum Gasteiger partial charge on any atom is 0.416 e. The number of amides is 1. The summed E-state index contributed by atoms with van der Waals surface area (Å²) in [5.74, 6) is -2.68. The van der Waals surface area contributed by atoms with Crippen molar-refractivity contribution >= 4 is 11.9 Å². The van der Waals surface area contributed by atoms with Gasteiger partial charge >= 0.3 is 12.1 Å². The number of halogens is 4. The van der Waals surface area contributed by atoms with Crippen LogP contribution in [0.2, 0.25) is 0 Å². The third kappa shape index (κ3) is 7.03. The van der Waals surface area contributed by atoms with E-state index in [2.05, 4.69) is 10.4 Å². The van der Waals surface area contributed by atoms with Crippen LogP contribution in [0.15, 0.2) is 18.2 Å². The second-order valence-corrected chi connectivity index (χ2v) is 8.56. The van der Waals surface area contributed by atoms with Crippen LogP contribution < -0.4 is 5.32 Å². The van der Waals surface area contributed by atoms with Crippen molar-refractivity contribution in [2.24, 2.45) is 5.92 Å². The van der Waals surface area contributed by atoms with E-state index in [1.807, 2.05) is 6.92 Å². The zero-order valence-electron chi connectivity index (χ0n) is 19.7. The molecule has 0 aliphatic carbocycles. The van der Waals surface area contributed by atoms with E-state index in [1.54, 1.807) is 11.6 Å². The molecule has 0 unspecified atom stereocenters. The van der Waals surface area contributed by atoms with Gasteiger partial charge in [-0.05, 0) is 43.9 Å². The molecule has 192 valence electrons. The number of carbonyl (C=O) groups is 2. The van der Waals surface area contributed by atoms with Gasteiger partial charge in [0.25, 0.3) is 5.91 Å². The van der Waals surface area contributed by atoms with Gasteiger partial charge < -0.3 is 14.8 Å². The number of ether oxygens (including phenoxy) is 2. The van der Waals surface area contributed by atoms with Gasteiger partial charge in [0.15, 0.2) is 0 Å². The number of fused-ring (bicyclic) bond motifs is 1. The zero-order chi connectivity index (χ0) is 25.6. The van der Waals surface area contributed by atoms with Crippen molar-refractivity contribution in [2.45, 2.75) is 52.3 Å². The lowest BCUT2D eigenvalue weighted by Crippen LogP contribution is -2.27. The van der Waals surface area contributed by atoms with Crippen molar-refractivity contribution < 1.29 is 36.6 Å². The van der Waals surface area contributed by atoms with E-state index in [1.165, 1.54) is 0 Å². The summed E-state index contributed by atoms with van der Waals surface area (Å²) in [6, 6.07) is 1.60. The highest BCUT2D eigenvalue weighted by Crippen LogP contribution is 2.30. The largest absolute Gasteiger partial charge is 0.462 e. The minimum atomic E-state index is -4.79. The van der Waals surface area contributed by atoms with E-state index in [0.29, 0.717) is 75.0 Å². The summed E-state index contributed by atoms with van der Waals surface area (Å²) in [5, 5.41) is 7.51. The van der Waals surface area contributed by atoms with Crippen molar-refractivity contribution in [1.29, 1.82) is 0 Å². The molecule has 35 heavy (non-hydrogen) atoms. The number of carbonyl (C=O) groups excluding carboxylic acids is 2. The lowest BCUT2D eigenvalue weighted by Gasteiger charge is -2.15. The zero-order valence-corrected chi connectivity index (χ0v) is 19.7. The third-order valence-corrected chi connectivity index (χ3v) is 5.59. The van der Waals surface area contributed by atoms with Crippen LogP contribution in [-0.2, 0) is 35.0 Å². The van der Waals surface area contributed by atoms with E-state index in [9.17, 15) is 27.2 Å². The summed E-state index contributed by atoms with van der Waals surface area (Å²) in [5.41, 5.74) is 0.217. The molecule has 7 nitrogen and oxygen atoms in total. The fourth-order valence-corrected chi connectivity index (χ4v) is 3.89. The van der Waals surface area contributed by atoms with E-state index in [0.717, 1.165) is 12.1 Å². The number of nitrogens with one attached hydrogen (secondary N) is 1. The minimum Gasteiger partial charge on any atom is -0.462 e. The fourth-order valence-electron chi connectivity index (χ4n) is 3.89. The first-order chi connectivity index (χ1) is 16.6. The molecule has 0 fully saturated rings. The Hall–Kier alpha value is -2.95. The average molecular weight is 500 g/mol. The number of rotatable bonds is 6. The Morgan fingerprint density at radius 1 is 1.26 bits per heavy atom. The van der Waals surface area contributed by atoms with Gasteiger partial charge in [-0.2, -0.15) is 18.3 Å². The number of esters is 1. The van der Waals surface area contributed by atoms with Crippen LogP contribution in [0.3, 0.4) is 0 Å². The van der Waals surface area contributed by atoms with Crippen LogP contribution in [-0.4, -0.2) is 48.0 Å². The SMILES string of the molecule is CCc1nn(C[C@@H](C)COC(=O)c2cc(F)cc(C(F)(F)F)c2)c2c1C(=O)NCCCOCCC2. The van der Waals surface area contributed by atoms with E-state index in [-0.39, 0.29) is 18.4 Å². The predicted octanol–water partition coefficient (Wildman–Crippen LogP) is 4.18. The number of hydrogen-bond donors (Lipinski definition) is 1. The molecule has 1 amide bonds. The smallest absolute Gasteiger partial charge is 0.416 e. The highest BCUT2D eigenvalue weighted by molar-refractivity contribution is 5.96. The molecule has 1 N–H and O–H groups in total. The molecule has 0 spiro atoms. The Bertz CT molecular complexity index is 1050. The summed E-state index contributed by atoms with van der Waals surface area (Å²) in [7, 11) is 0. The van der Waals surface area contributed by atoms with Crippen LogP contribution in [0, 0.1) is 11.7 Å². The van der Waals surface area contributed by atoms with Crippen LogP contribution in [0.4, 0.5) is 17.6 Å². The van der Waals surface area contributed by atoms with Gasteiger partial charge in [0.05, 0.1) is 34.7 Å². The Morgan fingerprint density at radius 2 is 2.00 bits per heavy atom. The van der Waals surface area contributed by atoms with Gasteiger partial charge in [-0.15, -0.1) is 0 Å². The van der Waals surface area contributed by atoms with E-state index < -0.39 is 29.1 Å². The van der Waals surface area contributed by atoms with Crippen molar-refractivity contribution in [3.05, 3.63) is 52.1 Å². The lowest BCUT2D eigenvalue weighted by molar-refractivity contribution is -0.137. The summed E-state index contributed by atoms with van der Waals surface area (Å²) >= 11 is 0.